The first-order chi connectivity index (χ1) is 10.7. The molecule has 0 aliphatic heterocycles. The van der Waals surface area contributed by atoms with E-state index in [4.69, 9.17) is 4.42 Å². The van der Waals surface area contributed by atoms with Gasteiger partial charge in [-0.1, -0.05) is 58.4 Å². The van der Waals surface area contributed by atoms with Crippen LogP contribution >= 0.6 is 15.9 Å². The van der Waals surface area contributed by atoms with Crippen molar-refractivity contribution in [1.29, 1.82) is 0 Å². The van der Waals surface area contributed by atoms with Gasteiger partial charge >= 0.3 is 0 Å². The molecule has 0 amide bonds. The van der Waals surface area contributed by atoms with Crippen LogP contribution < -0.4 is 0 Å². The van der Waals surface area contributed by atoms with E-state index in [9.17, 15) is 0 Å². The van der Waals surface area contributed by atoms with E-state index < -0.39 is 0 Å². The quantitative estimate of drug-likeness (QED) is 0.614. The minimum Gasteiger partial charge on any atom is -0.464 e. The normalized spacial score (nSPS) is 11.8. The van der Waals surface area contributed by atoms with Gasteiger partial charge in [0.15, 0.2) is 0 Å². The molecule has 1 aromatic heterocycles. The molecule has 0 bridgehead atoms. The van der Waals surface area contributed by atoms with Crippen molar-refractivity contribution in [2.75, 3.05) is 13.6 Å². The van der Waals surface area contributed by atoms with Gasteiger partial charge < -0.3 is 4.42 Å². The van der Waals surface area contributed by atoms with Crippen LogP contribution in [0.5, 0.6) is 0 Å². The molecule has 3 heteroatoms. The Balaban J connectivity index is 1.61. The summed E-state index contributed by atoms with van der Waals surface area (Å²) in [6, 6.07) is 16.6. The monoisotopic (exact) mass is 355 g/mol. The maximum absolute atomic E-state index is 5.59. The second kappa shape index (κ2) is 6.95. The summed E-state index contributed by atoms with van der Waals surface area (Å²) >= 11 is 3.45. The molecule has 22 heavy (non-hydrogen) atoms. The molecule has 0 spiro atoms. The van der Waals surface area contributed by atoms with E-state index in [1.807, 2.05) is 6.07 Å². The van der Waals surface area contributed by atoms with Crippen molar-refractivity contribution in [3.05, 3.63) is 76.5 Å². The van der Waals surface area contributed by atoms with Crippen molar-refractivity contribution in [3.8, 4) is 0 Å². The Kier molecular flexibility index (Phi) is 4.76. The number of furan rings is 1. The first kappa shape index (κ1) is 15.1. The summed E-state index contributed by atoms with van der Waals surface area (Å²) in [4.78, 5) is 2.27. The minimum absolute atomic E-state index is 0.871. The molecule has 0 radical (unpaired) electrons. The van der Waals surface area contributed by atoms with Crippen LogP contribution in [0.25, 0.3) is 17.0 Å². The van der Waals surface area contributed by atoms with Crippen LogP contribution in [0.1, 0.15) is 11.1 Å². The number of nitrogens with zero attached hydrogens (tertiary/aromatic N) is 1. The lowest BCUT2D eigenvalue weighted by molar-refractivity contribution is 0.363. The van der Waals surface area contributed by atoms with Crippen LogP contribution in [-0.4, -0.2) is 18.5 Å². The van der Waals surface area contributed by atoms with E-state index >= 15 is 0 Å². The van der Waals surface area contributed by atoms with E-state index in [0.717, 1.165) is 28.5 Å². The molecule has 0 saturated heterocycles. The molecule has 3 rings (SSSR count). The lowest BCUT2D eigenvalue weighted by Gasteiger charge is -2.14. The number of hydrogen-bond acceptors (Lipinski definition) is 2. The lowest BCUT2D eigenvalue weighted by atomic mass is 10.1. The Morgan fingerprint density at radius 1 is 1.09 bits per heavy atom. The molecular formula is C19H18BrNO. The molecule has 2 aromatic carbocycles. The zero-order chi connectivity index (χ0) is 15.4. The maximum Gasteiger partial charge on any atom is 0.138 e. The van der Waals surface area contributed by atoms with Crippen LogP contribution in [0, 0.1) is 0 Å². The predicted molar refractivity (Wildman–Crippen MR) is 95.7 cm³/mol. The van der Waals surface area contributed by atoms with Crippen molar-refractivity contribution >= 4 is 33.0 Å². The summed E-state index contributed by atoms with van der Waals surface area (Å²) in [5.41, 5.74) is 3.43. The summed E-state index contributed by atoms with van der Waals surface area (Å²) < 4.78 is 6.69. The SMILES string of the molecule is CN(CC=Cc1ccc(Br)cc1)Cc1cccc2ccoc12. The Labute approximate surface area is 139 Å². The molecule has 0 N–H and O–H groups in total. The predicted octanol–water partition coefficient (Wildman–Crippen LogP) is 5.34. The molecule has 0 saturated carbocycles. The van der Waals surface area contributed by atoms with Gasteiger partial charge in [0.2, 0.25) is 0 Å². The van der Waals surface area contributed by atoms with Crippen LogP contribution in [0.3, 0.4) is 0 Å². The average Bonchev–Trinajstić information content (AvgIpc) is 2.99. The number of hydrogen-bond donors (Lipinski definition) is 0. The highest BCUT2D eigenvalue weighted by Crippen LogP contribution is 2.20. The van der Waals surface area contributed by atoms with Crippen molar-refractivity contribution in [1.82, 2.24) is 4.90 Å². The third kappa shape index (κ3) is 3.67. The maximum atomic E-state index is 5.59. The van der Waals surface area contributed by atoms with Gasteiger partial charge in [0.1, 0.15) is 5.58 Å². The van der Waals surface area contributed by atoms with Gasteiger partial charge in [-0.3, -0.25) is 4.90 Å². The van der Waals surface area contributed by atoms with Gasteiger partial charge in [-0.25, -0.2) is 0 Å². The molecule has 3 aromatic rings. The highest BCUT2D eigenvalue weighted by atomic mass is 79.9. The van der Waals surface area contributed by atoms with E-state index in [0.29, 0.717) is 0 Å². The van der Waals surface area contributed by atoms with Crippen molar-refractivity contribution in [2.24, 2.45) is 0 Å². The Bertz CT molecular complexity index is 773. The number of rotatable bonds is 5. The molecule has 112 valence electrons. The third-order valence-electron chi connectivity index (χ3n) is 3.60. The number of fused-ring (bicyclic) bond motifs is 1. The van der Waals surface area contributed by atoms with Crippen molar-refractivity contribution < 1.29 is 4.42 Å². The van der Waals surface area contributed by atoms with Crippen molar-refractivity contribution in [2.45, 2.75) is 6.54 Å². The first-order valence-corrected chi connectivity index (χ1v) is 8.07. The van der Waals surface area contributed by atoms with Crippen LogP contribution in [-0.2, 0) is 6.54 Å². The smallest absolute Gasteiger partial charge is 0.138 e. The summed E-state index contributed by atoms with van der Waals surface area (Å²) in [6.45, 7) is 1.77. The average molecular weight is 356 g/mol. The van der Waals surface area contributed by atoms with Gasteiger partial charge in [-0.2, -0.15) is 0 Å². The highest BCUT2D eigenvalue weighted by molar-refractivity contribution is 9.10. The molecule has 0 unspecified atom stereocenters. The highest BCUT2D eigenvalue weighted by Gasteiger charge is 2.05. The summed E-state index contributed by atoms with van der Waals surface area (Å²) in [5, 5.41) is 1.16. The molecule has 0 atom stereocenters. The van der Waals surface area contributed by atoms with Crippen LogP contribution in [0.4, 0.5) is 0 Å². The van der Waals surface area contributed by atoms with E-state index in [1.54, 1.807) is 6.26 Å². The summed E-state index contributed by atoms with van der Waals surface area (Å²) in [7, 11) is 2.12. The lowest BCUT2D eigenvalue weighted by Crippen LogP contribution is -2.17. The second-order valence-electron chi connectivity index (χ2n) is 5.41. The summed E-state index contributed by atoms with van der Waals surface area (Å²) in [5.74, 6) is 0. The van der Waals surface area contributed by atoms with Gasteiger partial charge in [-0.15, -0.1) is 0 Å². The Hall–Kier alpha value is -1.84. The zero-order valence-electron chi connectivity index (χ0n) is 12.5. The summed E-state index contributed by atoms with van der Waals surface area (Å²) in [6.07, 6.45) is 6.09. The molecule has 0 aliphatic rings. The molecule has 1 heterocycles. The van der Waals surface area contributed by atoms with Gasteiger partial charge in [0, 0.05) is 28.5 Å². The van der Waals surface area contributed by atoms with E-state index in [1.165, 1.54) is 11.1 Å². The largest absolute Gasteiger partial charge is 0.464 e. The minimum atomic E-state index is 0.871. The van der Waals surface area contributed by atoms with Gasteiger partial charge in [0.25, 0.3) is 0 Å². The Morgan fingerprint density at radius 2 is 1.91 bits per heavy atom. The van der Waals surface area contributed by atoms with Crippen LogP contribution in [0.2, 0.25) is 0 Å². The standard InChI is InChI=1S/C19H18BrNO/c1-21(12-3-4-15-7-9-18(20)10-8-15)14-17-6-2-5-16-11-13-22-19(16)17/h2-11,13H,12,14H2,1H3. The topological polar surface area (TPSA) is 16.4 Å². The van der Waals surface area contributed by atoms with Crippen molar-refractivity contribution in [3.63, 3.8) is 0 Å². The molecule has 0 aliphatic carbocycles. The number of benzene rings is 2. The zero-order valence-corrected chi connectivity index (χ0v) is 14.1. The van der Waals surface area contributed by atoms with E-state index in [2.05, 4.69) is 82.5 Å². The number of para-hydroxylation sites is 1. The second-order valence-corrected chi connectivity index (χ2v) is 6.32. The third-order valence-corrected chi connectivity index (χ3v) is 4.13. The van der Waals surface area contributed by atoms with Gasteiger partial charge in [-0.05, 0) is 30.8 Å². The number of likely N-dealkylation sites (N-methyl/N-ethyl adjacent to an activating group) is 1. The molecular weight excluding hydrogens is 338 g/mol. The fraction of sp³-hybridized carbons (Fsp3) is 0.158. The fourth-order valence-corrected chi connectivity index (χ4v) is 2.74. The van der Waals surface area contributed by atoms with E-state index in [-0.39, 0.29) is 0 Å². The Morgan fingerprint density at radius 3 is 2.73 bits per heavy atom. The first-order valence-electron chi connectivity index (χ1n) is 7.28. The molecule has 0 fully saturated rings. The fourth-order valence-electron chi connectivity index (χ4n) is 2.48. The van der Waals surface area contributed by atoms with Crippen LogP contribution in [0.15, 0.2) is 69.8 Å². The molecule has 2 nitrogen and oxygen atoms in total. The van der Waals surface area contributed by atoms with Gasteiger partial charge in [0.05, 0.1) is 6.26 Å². The number of halogens is 1.